The molecule has 0 aliphatic heterocycles. The van der Waals surface area contributed by atoms with Crippen molar-refractivity contribution in [2.75, 3.05) is 26.9 Å². The Hall–Kier alpha value is -0.120. The Labute approximate surface area is 80.7 Å². The van der Waals surface area contributed by atoms with Gasteiger partial charge < -0.3 is 14.9 Å². The van der Waals surface area contributed by atoms with Gasteiger partial charge in [0.05, 0.1) is 13.2 Å². The summed E-state index contributed by atoms with van der Waals surface area (Å²) in [6, 6.07) is 0. The van der Waals surface area contributed by atoms with Gasteiger partial charge in [-0.3, -0.25) is 0 Å². The highest BCUT2D eigenvalue weighted by Crippen LogP contribution is 2.27. The number of hydrogen-bond acceptors (Lipinski definition) is 3. The summed E-state index contributed by atoms with van der Waals surface area (Å²) in [6.45, 7) is 2.81. The summed E-state index contributed by atoms with van der Waals surface area (Å²) < 4.78 is 4.96. The number of ether oxygens (including phenoxy) is 1. The molecule has 0 aromatic carbocycles. The van der Waals surface area contributed by atoms with Gasteiger partial charge in [0.25, 0.3) is 0 Å². The number of aliphatic hydroxyl groups excluding tert-OH is 2. The SMILES string of the molecule is CCCCC(CO)(CO)CCOC. The Kier molecular flexibility index (Phi) is 7.23. The number of rotatable bonds is 8. The molecular formula is C10H22O3. The lowest BCUT2D eigenvalue weighted by Crippen LogP contribution is -2.31. The van der Waals surface area contributed by atoms with Gasteiger partial charge in [-0.25, -0.2) is 0 Å². The van der Waals surface area contributed by atoms with E-state index < -0.39 is 0 Å². The van der Waals surface area contributed by atoms with Gasteiger partial charge in [-0.15, -0.1) is 0 Å². The second kappa shape index (κ2) is 7.30. The molecule has 0 fully saturated rings. The molecule has 0 saturated carbocycles. The van der Waals surface area contributed by atoms with Gasteiger partial charge in [-0.1, -0.05) is 19.8 Å². The van der Waals surface area contributed by atoms with Crippen molar-refractivity contribution in [1.29, 1.82) is 0 Å². The van der Waals surface area contributed by atoms with Crippen LogP contribution in [-0.4, -0.2) is 37.1 Å². The van der Waals surface area contributed by atoms with Crippen LogP contribution in [0.2, 0.25) is 0 Å². The largest absolute Gasteiger partial charge is 0.396 e. The molecule has 0 aromatic rings. The highest BCUT2D eigenvalue weighted by atomic mass is 16.5. The average Bonchev–Trinajstić information content (AvgIpc) is 2.20. The Balaban J connectivity index is 3.97. The van der Waals surface area contributed by atoms with Gasteiger partial charge in [0.1, 0.15) is 0 Å². The van der Waals surface area contributed by atoms with E-state index in [2.05, 4.69) is 6.92 Å². The predicted molar refractivity (Wildman–Crippen MR) is 52.6 cm³/mol. The fourth-order valence-corrected chi connectivity index (χ4v) is 1.36. The molecule has 13 heavy (non-hydrogen) atoms. The van der Waals surface area contributed by atoms with E-state index in [1.165, 1.54) is 0 Å². The molecule has 0 radical (unpaired) electrons. The summed E-state index contributed by atoms with van der Waals surface area (Å²) >= 11 is 0. The van der Waals surface area contributed by atoms with E-state index in [1.54, 1.807) is 7.11 Å². The van der Waals surface area contributed by atoms with Crippen LogP contribution in [0, 0.1) is 5.41 Å². The van der Waals surface area contributed by atoms with Crippen LogP contribution in [0.5, 0.6) is 0 Å². The summed E-state index contributed by atoms with van der Waals surface area (Å²) in [5, 5.41) is 18.4. The number of aliphatic hydroxyl groups is 2. The van der Waals surface area contributed by atoms with E-state index >= 15 is 0 Å². The Bertz CT molecular complexity index is 101. The third-order valence-electron chi connectivity index (χ3n) is 2.57. The molecule has 0 unspecified atom stereocenters. The van der Waals surface area contributed by atoms with E-state index in [-0.39, 0.29) is 18.6 Å². The molecule has 3 heteroatoms. The van der Waals surface area contributed by atoms with Crippen LogP contribution >= 0.6 is 0 Å². The molecule has 0 rings (SSSR count). The molecule has 0 aliphatic rings. The second-order valence-corrected chi connectivity index (χ2v) is 3.66. The zero-order valence-corrected chi connectivity index (χ0v) is 8.75. The van der Waals surface area contributed by atoms with Crippen LogP contribution in [0.4, 0.5) is 0 Å². The average molecular weight is 190 g/mol. The van der Waals surface area contributed by atoms with Crippen molar-refractivity contribution in [2.45, 2.75) is 32.6 Å². The standard InChI is InChI=1S/C10H22O3/c1-3-4-5-10(8-11,9-12)6-7-13-2/h11-12H,3-9H2,1-2H3. The minimum Gasteiger partial charge on any atom is -0.396 e. The van der Waals surface area contributed by atoms with Crippen LogP contribution in [0.25, 0.3) is 0 Å². The highest BCUT2D eigenvalue weighted by Gasteiger charge is 2.27. The molecule has 0 bridgehead atoms. The van der Waals surface area contributed by atoms with Gasteiger partial charge in [-0.2, -0.15) is 0 Å². The first-order valence-electron chi connectivity index (χ1n) is 4.95. The molecule has 80 valence electrons. The van der Waals surface area contributed by atoms with E-state index in [0.717, 1.165) is 25.7 Å². The quantitative estimate of drug-likeness (QED) is 0.604. The van der Waals surface area contributed by atoms with E-state index in [4.69, 9.17) is 4.74 Å². The first-order chi connectivity index (χ1) is 6.24. The third kappa shape index (κ3) is 4.60. The molecule has 0 spiro atoms. The van der Waals surface area contributed by atoms with Crippen molar-refractivity contribution >= 4 is 0 Å². The van der Waals surface area contributed by atoms with Gasteiger partial charge in [0.2, 0.25) is 0 Å². The van der Waals surface area contributed by atoms with Crippen molar-refractivity contribution in [3.63, 3.8) is 0 Å². The summed E-state index contributed by atoms with van der Waals surface area (Å²) in [7, 11) is 1.64. The Morgan fingerprint density at radius 3 is 2.15 bits per heavy atom. The van der Waals surface area contributed by atoms with Crippen molar-refractivity contribution in [3.05, 3.63) is 0 Å². The van der Waals surface area contributed by atoms with E-state index in [9.17, 15) is 10.2 Å². The van der Waals surface area contributed by atoms with E-state index in [1.807, 2.05) is 0 Å². The minimum absolute atomic E-state index is 0.0485. The fourth-order valence-electron chi connectivity index (χ4n) is 1.36. The number of unbranched alkanes of at least 4 members (excludes halogenated alkanes) is 1. The highest BCUT2D eigenvalue weighted by molar-refractivity contribution is 4.77. The molecule has 0 amide bonds. The lowest BCUT2D eigenvalue weighted by molar-refractivity contribution is 0.0172. The van der Waals surface area contributed by atoms with Crippen LogP contribution in [-0.2, 0) is 4.74 Å². The van der Waals surface area contributed by atoms with Crippen LogP contribution < -0.4 is 0 Å². The molecule has 0 heterocycles. The fraction of sp³-hybridized carbons (Fsp3) is 1.00. The maximum absolute atomic E-state index is 9.21. The van der Waals surface area contributed by atoms with Gasteiger partial charge >= 0.3 is 0 Å². The number of hydrogen-bond donors (Lipinski definition) is 2. The molecular weight excluding hydrogens is 168 g/mol. The second-order valence-electron chi connectivity index (χ2n) is 3.66. The van der Waals surface area contributed by atoms with Crippen molar-refractivity contribution in [3.8, 4) is 0 Å². The molecule has 3 nitrogen and oxygen atoms in total. The van der Waals surface area contributed by atoms with Gasteiger partial charge in [0.15, 0.2) is 0 Å². The smallest absolute Gasteiger partial charge is 0.0510 e. The van der Waals surface area contributed by atoms with Crippen molar-refractivity contribution in [2.24, 2.45) is 5.41 Å². The summed E-state index contributed by atoms with van der Waals surface area (Å²) in [6.07, 6.45) is 3.75. The normalized spacial score (nSPS) is 12.0. The Morgan fingerprint density at radius 1 is 1.15 bits per heavy atom. The van der Waals surface area contributed by atoms with Crippen LogP contribution in [0.3, 0.4) is 0 Å². The maximum Gasteiger partial charge on any atom is 0.0510 e. The lowest BCUT2D eigenvalue weighted by Gasteiger charge is -2.29. The molecule has 2 N–H and O–H groups in total. The van der Waals surface area contributed by atoms with Gasteiger partial charge in [-0.05, 0) is 12.8 Å². The van der Waals surface area contributed by atoms with E-state index in [0.29, 0.717) is 6.61 Å². The zero-order valence-electron chi connectivity index (χ0n) is 8.75. The minimum atomic E-state index is -0.327. The number of methoxy groups -OCH3 is 1. The lowest BCUT2D eigenvalue weighted by atomic mass is 9.81. The predicted octanol–water partition coefficient (Wildman–Crippen LogP) is 1.18. The topological polar surface area (TPSA) is 49.7 Å². The summed E-state index contributed by atoms with van der Waals surface area (Å²) in [5.74, 6) is 0. The van der Waals surface area contributed by atoms with Gasteiger partial charge in [0, 0.05) is 19.1 Å². The Morgan fingerprint density at radius 2 is 1.77 bits per heavy atom. The molecule has 0 aliphatic carbocycles. The summed E-state index contributed by atoms with van der Waals surface area (Å²) in [5.41, 5.74) is -0.327. The van der Waals surface area contributed by atoms with Crippen molar-refractivity contribution < 1.29 is 14.9 Å². The maximum atomic E-state index is 9.21. The third-order valence-corrected chi connectivity index (χ3v) is 2.57. The van der Waals surface area contributed by atoms with Crippen LogP contribution in [0.15, 0.2) is 0 Å². The van der Waals surface area contributed by atoms with Crippen LogP contribution in [0.1, 0.15) is 32.6 Å². The zero-order chi connectivity index (χ0) is 10.2. The first kappa shape index (κ1) is 12.9. The molecule has 0 aromatic heterocycles. The molecule has 0 saturated heterocycles. The summed E-state index contributed by atoms with van der Waals surface area (Å²) in [4.78, 5) is 0. The first-order valence-corrected chi connectivity index (χ1v) is 4.95. The van der Waals surface area contributed by atoms with Crippen molar-refractivity contribution in [1.82, 2.24) is 0 Å². The molecule has 0 atom stereocenters. The monoisotopic (exact) mass is 190 g/mol.